The number of ether oxygens (including phenoxy) is 1. The minimum atomic E-state index is -0.496. The first-order chi connectivity index (χ1) is 9.93. The van der Waals surface area contributed by atoms with Crippen LogP contribution in [0.3, 0.4) is 0 Å². The van der Waals surface area contributed by atoms with Crippen molar-refractivity contribution in [1.29, 1.82) is 0 Å². The van der Waals surface area contributed by atoms with Crippen molar-refractivity contribution in [2.75, 3.05) is 12.8 Å². The second-order valence-corrected chi connectivity index (χ2v) is 4.73. The maximum Gasteiger partial charge on any atom is 0.337 e. The van der Waals surface area contributed by atoms with Gasteiger partial charge < -0.3 is 15.6 Å². The Morgan fingerprint density at radius 2 is 1.68 bits per heavy atom. The van der Waals surface area contributed by atoms with Crippen LogP contribution in [0.15, 0.2) is 36.4 Å². The third-order valence-corrected chi connectivity index (χ3v) is 3.14. The molecule has 0 aliphatic rings. The molecule has 2 aromatic rings. The molecule has 2 rings (SSSR count). The van der Waals surface area contributed by atoms with E-state index < -0.39 is 11.8 Å². The number of aromatic hydroxyl groups is 1. The summed E-state index contributed by atoms with van der Waals surface area (Å²) < 4.78 is 4.57. The summed E-state index contributed by atoms with van der Waals surface area (Å²) in [6.07, 6.45) is 0. The van der Waals surface area contributed by atoms with E-state index >= 15 is 0 Å². The van der Waals surface area contributed by atoms with Gasteiger partial charge in [-0.05, 0) is 24.3 Å². The van der Waals surface area contributed by atoms with E-state index in [1.54, 1.807) is 0 Å². The minimum absolute atomic E-state index is 0. The summed E-state index contributed by atoms with van der Waals surface area (Å²) in [5.74, 6) is -1.26. The standard InChI is InChI=1S/C15H12ClNO4.ClH/c1-21-15(20)9-4-2-8(3-5-9)13(18)11-6-10(16)7-12(17)14(11)19;/h2-7,19H,17H2,1H3;1H. The molecule has 22 heavy (non-hydrogen) atoms. The fraction of sp³-hybridized carbons (Fsp3) is 0.0667. The zero-order valence-corrected chi connectivity index (χ0v) is 13.1. The summed E-state index contributed by atoms with van der Waals surface area (Å²) in [4.78, 5) is 23.7. The molecule has 7 heteroatoms. The molecule has 5 nitrogen and oxygen atoms in total. The predicted octanol–water partition coefficient (Wildman–Crippen LogP) is 3.07. The van der Waals surface area contributed by atoms with E-state index in [2.05, 4.69) is 4.74 Å². The lowest BCUT2D eigenvalue weighted by molar-refractivity contribution is 0.0600. The Balaban J connectivity index is 0.00000242. The number of hydrogen-bond donors (Lipinski definition) is 2. The molecule has 0 saturated carbocycles. The van der Waals surface area contributed by atoms with E-state index in [4.69, 9.17) is 17.3 Å². The van der Waals surface area contributed by atoms with Gasteiger partial charge in [0.25, 0.3) is 0 Å². The normalized spacial score (nSPS) is 9.73. The van der Waals surface area contributed by atoms with E-state index in [0.29, 0.717) is 11.1 Å². The van der Waals surface area contributed by atoms with Crippen molar-refractivity contribution < 1.29 is 19.4 Å². The number of methoxy groups -OCH3 is 1. The molecule has 0 bridgehead atoms. The molecule has 0 amide bonds. The molecule has 0 atom stereocenters. The van der Waals surface area contributed by atoms with Gasteiger partial charge in [0.15, 0.2) is 5.78 Å². The topological polar surface area (TPSA) is 89.6 Å². The second kappa shape index (κ2) is 7.15. The number of nitrogens with two attached hydrogens (primary N) is 1. The van der Waals surface area contributed by atoms with Crippen LogP contribution in [-0.2, 0) is 4.74 Å². The number of nitrogen functional groups attached to an aromatic ring is 1. The molecule has 0 aliphatic heterocycles. The molecular weight excluding hydrogens is 329 g/mol. The van der Waals surface area contributed by atoms with Crippen LogP contribution in [-0.4, -0.2) is 24.0 Å². The Morgan fingerprint density at radius 1 is 1.14 bits per heavy atom. The third kappa shape index (κ3) is 3.50. The molecule has 0 fully saturated rings. The van der Waals surface area contributed by atoms with E-state index in [1.165, 1.54) is 43.5 Å². The molecule has 0 aliphatic carbocycles. The number of phenolic OH excluding ortho intramolecular Hbond substituents is 1. The Bertz CT molecular complexity index is 714. The predicted molar refractivity (Wildman–Crippen MR) is 86.0 cm³/mol. The lowest BCUT2D eigenvalue weighted by Crippen LogP contribution is -2.05. The van der Waals surface area contributed by atoms with E-state index in [0.717, 1.165) is 0 Å². The molecule has 0 unspecified atom stereocenters. The largest absolute Gasteiger partial charge is 0.505 e. The van der Waals surface area contributed by atoms with Gasteiger partial charge in [-0.15, -0.1) is 12.4 Å². The fourth-order valence-corrected chi connectivity index (χ4v) is 2.05. The van der Waals surface area contributed by atoms with E-state index in [-0.39, 0.29) is 34.4 Å². The Labute approximate surface area is 138 Å². The van der Waals surface area contributed by atoms with Gasteiger partial charge in [0, 0.05) is 10.6 Å². The van der Waals surface area contributed by atoms with Gasteiger partial charge in [0.1, 0.15) is 5.75 Å². The van der Waals surface area contributed by atoms with E-state index in [1.807, 2.05) is 0 Å². The van der Waals surface area contributed by atoms with Gasteiger partial charge in [-0.25, -0.2) is 4.79 Å². The van der Waals surface area contributed by atoms with E-state index in [9.17, 15) is 14.7 Å². The van der Waals surface area contributed by atoms with Gasteiger partial charge in [-0.2, -0.15) is 0 Å². The minimum Gasteiger partial charge on any atom is -0.505 e. The molecule has 0 heterocycles. The highest BCUT2D eigenvalue weighted by atomic mass is 35.5. The van der Waals surface area contributed by atoms with Gasteiger partial charge in [-0.3, -0.25) is 4.79 Å². The number of carbonyl (C=O) groups excluding carboxylic acids is 2. The van der Waals surface area contributed by atoms with Crippen molar-refractivity contribution in [2.24, 2.45) is 0 Å². The van der Waals surface area contributed by atoms with Crippen molar-refractivity contribution in [3.8, 4) is 5.75 Å². The van der Waals surface area contributed by atoms with Gasteiger partial charge in [0.05, 0.1) is 23.9 Å². The number of hydrogen-bond acceptors (Lipinski definition) is 5. The summed E-state index contributed by atoms with van der Waals surface area (Å²) in [5, 5.41) is 10.1. The first-order valence-corrected chi connectivity index (χ1v) is 6.33. The molecular formula is C15H13Cl2NO4. The molecule has 0 saturated heterocycles. The fourth-order valence-electron chi connectivity index (χ4n) is 1.82. The van der Waals surface area contributed by atoms with Crippen LogP contribution in [0.2, 0.25) is 5.02 Å². The highest BCUT2D eigenvalue weighted by Crippen LogP contribution is 2.30. The van der Waals surface area contributed by atoms with Crippen LogP contribution in [0, 0.1) is 0 Å². The zero-order valence-electron chi connectivity index (χ0n) is 11.5. The Kier molecular flexibility index (Phi) is 5.79. The molecule has 0 aromatic heterocycles. The maximum atomic E-state index is 12.3. The number of carbonyl (C=O) groups is 2. The van der Waals surface area contributed by atoms with Crippen LogP contribution in [0.4, 0.5) is 5.69 Å². The second-order valence-electron chi connectivity index (χ2n) is 4.29. The number of benzene rings is 2. The van der Waals surface area contributed by atoms with Crippen molar-refractivity contribution in [3.63, 3.8) is 0 Å². The van der Waals surface area contributed by atoms with Crippen LogP contribution in [0.25, 0.3) is 0 Å². The Morgan fingerprint density at radius 3 is 2.23 bits per heavy atom. The first kappa shape index (κ1) is 17.8. The summed E-state index contributed by atoms with van der Waals surface area (Å²) in [5.41, 5.74) is 6.22. The van der Waals surface area contributed by atoms with Gasteiger partial charge in [0.2, 0.25) is 0 Å². The highest BCUT2D eigenvalue weighted by molar-refractivity contribution is 6.31. The van der Waals surface area contributed by atoms with Crippen molar-refractivity contribution in [3.05, 3.63) is 58.1 Å². The summed E-state index contributed by atoms with van der Waals surface area (Å²) in [7, 11) is 1.27. The maximum absolute atomic E-state index is 12.3. The van der Waals surface area contributed by atoms with Crippen LogP contribution in [0.5, 0.6) is 5.75 Å². The number of anilines is 1. The molecule has 116 valence electrons. The molecule has 3 N–H and O–H groups in total. The molecule has 0 radical (unpaired) electrons. The summed E-state index contributed by atoms with van der Waals surface area (Å²) in [6, 6.07) is 8.54. The average molecular weight is 342 g/mol. The number of rotatable bonds is 3. The molecule has 0 spiro atoms. The monoisotopic (exact) mass is 341 g/mol. The summed E-state index contributed by atoms with van der Waals surface area (Å²) in [6.45, 7) is 0. The molecule has 2 aromatic carbocycles. The number of ketones is 1. The van der Waals surface area contributed by atoms with Crippen molar-refractivity contribution in [2.45, 2.75) is 0 Å². The third-order valence-electron chi connectivity index (χ3n) is 2.92. The van der Waals surface area contributed by atoms with Crippen LogP contribution in [0.1, 0.15) is 26.3 Å². The zero-order chi connectivity index (χ0) is 15.6. The SMILES string of the molecule is COC(=O)c1ccc(C(=O)c2cc(Cl)cc(N)c2O)cc1.Cl. The first-order valence-electron chi connectivity index (χ1n) is 5.95. The lowest BCUT2D eigenvalue weighted by atomic mass is 10.0. The van der Waals surface area contributed by atoms with Gasteiger partial charge >= 0.3 is 5.97 Å². The average Bonchev–Trinajstić information content (AvgIpc) is 2.49. The quantitative estimate of drug-likeness (QED) is 0.387. The summed E-state index contributed by atoms with van der Waals surface area (Å²) >= 11 is 5.83. The Hall–Kier alpha value is -2.24. The van der Waals surface area contributed by atoms with Crippen molar-refractivity contribution in [1.82, 2.24) is 0 Å². The highest BCUT2D eigenvalue weighted by Gasteiger charge is 2.17. The number of halogens is 2. The van der Waals surface area contributed by atoms with Crippen LogP contribution < -0.4 is 5.73 Å². The van der Waals surface area contributed by atoms with Crippen LogP contribution >= 0.6 is 24.0 Å². The number of phenols is 1. The number of esters is 1. The van der Waals surface area contributed by atoms with Gasteiger partial charge in [-0.1, -0.05) is 23.7 Å². The van der Waals surface area contributed by atoms with Crippen molar-refractivity contribution >= 4 is 41.4 Å². The smallest absolute Gasteiger partial charge is 0.337 e. The lowest BCUT2D eigenvalue weighted by Gasteiger charge is -2.08.